The number of carbonyl (C=O) groups is 1. The van der Waals surface area contributed by atoms with Crippen molar-refractivity contribution in [3.05, 3.63) is 50.5 Å². The topological polar surface area (TPSA) is 83.1 Å². The molecule has 29 heavy (non-hydrogen) atoms. The van der Waals surface area contributed by atoms with Gasteiger partial charge in [-0.15, -0.1) is 0 Å². The lowest BCUT2D eigenvalue weighted by atomic mass is 9.98. The minimum Gasteiger partial charge on any atom is -0.494 e. The number of rotatable bonds is 4. The second kappa shape index (κ2) is 7.82. The van der Waals surface area contributed by atoms with Gasteiger partial charge in [0.05, 0.1) is 11.8 Å². The van der Waals surface area contributed by atoms with Crippen molar-refractivity contribution in [1.29, 1.82) is 0 Å². The molecule has 1 aliphatic rings. The third-order valence-corrected chi connectivity index (χ3v) is 5.73. The number of aromatic nitrogens is 2. The number of nitrogens with zero attached hydrogens (tertiary/aromatic N) is 5. The van der Waals surface area contributed by atoms with Gasteiger partial charge in [0, 0.05) is 46.7 Å². The smallest absolute Gasteiger partial charge is 0.267 e. The fourth-order valence-corrected chi connectivity index (χ4v) is 3.56. The molecule has 0 spiro atoms. The van der Waals surface area contributed by atoms with Crippen LogP contribution in [0.2, 0.25) is 0 Å². The molecule has 9 heteroatoms. The number of hydrazone groups is 1. The van der Waals surface area contributed by atoms with Crippen molar-refractivity contribution in [3.8, 4) is 5.88 Å². The van der Waals surface area contributed by atoms with Crippen LogP contribution in [0.4, 0.5) is 5.69 Å². The molecule has 1 aromatic heterocycles. The molecule has 0 fully saturated rings. The van der Waals surface area contributed by atoms with E-state index < -0.39 is 5.56 Å². The molecular weight excluding hydrogens is 390 g/mol. The van der Waals surface area contributed by atoms with Crippen LogP contribution in [0.25, 0.3) is 0 Å². The Hall–Kier alpha value is -2.94. The number of benzene rings is 1. The summed E-state index contributed by atoms with van der Waals surface area (Å²) in [5.41, 5.74) is 1.97. The van der Waals surface area contributed by atoms with E-state index in [1.807, 2.05) is 43.3 Å². The molecular formula is C20H25N5O3S. The van der Waals surface area contributed by atoms with E-state index >= 15 is 0 Å². The Morgan fingerprint density at radius 3 is 2.41 bits per heavy atom. The zero-order chi connectivity index (χ0) is 21.5. The van der Waals surface area contributed by atoms with E-state index in [-0.39, 0.29) is 34.6 Å². The highest BCUT2D eigenvalue weighted by molar-refractivity contribution is 7.71. The molecule has 0 radical (unpaired) electrons. The van der Waals surface area contributed by atoms with Gasteiger partial charge in [-0.05, 0) is 29.9 Å². The predicted octanol–water partition coefficient (Wildman–Crippen LogP) is 2.31. The van der Waals surface area contributed by atoms with E-state index in [9.17, 15) is 14.7 Å². The molecule has 0 bridgehead atoms. The second-order valence-electron chi connectivity index (χ2n) is 7.25. The second-order valence-corrected chi connectivity index (χ2v) is 7.61. The lowest BCUT2D eigenvalue weighted by Gasteiger charge is -2.22. The third-order valence-electron chi connectivity index (χ3n) is 5.18. The maximum atomic E-state index is 12.8. The average Bonchev–Trinajstić information content (AvgIpc) is 3.15. The Bertz CT molecular complexity index is 1100. The maximum Gasteiger partial charge on any atom is 0.267 e. The molecule has 0 unspecified atom stereocenters. The number of hydrogen-bond donors (Lipinski definition) is 1. The van der Waals surface area contributed by atoms with Gasteiger partial charge in [0.15, 0.2) is 4.77 Å². The van der Waals surface area contributed by atoms with Gasteiger partial charge in [-0.1, -0.05) is 19.1 Å². The van der Waals surface area contributed by atoms with Crippen LogP contribution in [0.3, 0.4) is 0 Å². The average molecular weight is 416 g/mol. The van der Waals surface area contributed by atoms with Crippen LogP contribution in [0.5, 0.6) is 5.88 Å². The highest BCUT2D eigenvalue weighted by Gasteiger charge is 2.35. The highest BCUT2D eigenvalue weighted by Crippen LogP contribution is 2.34. The quantitative estimate of drug-likeness (QED) is 0.775. The fraction of sp³-hybridized carbons (Fsp3) is 0.400. The van der Waals surface area contributed by atoms with Gasteiger partial charge < -0.3 is 10.0 Å². The molecule has 1 atom stereocenters. The van der Waals surface area contributed by atoms with Crippen molar-refractivity contribution in [2.45, 2.75) is 25.8 Å². The van der Waals surface area contributed by atoms with Crippen LogP contribution in [0.15, 0.2) is 34.2 Å². The Morgan fingerprint density at radius 2 is 1.86 bits per heavy atom. The van der Waals surface area contributed by atoms with E-state index in [0.29, 0.717) is 12.1 Å². The first-order valence-electron chi connectivity index (χ1n) is 9.33. The Balaban J connectivity index is 2.09. The minimum absolute atomic E-state index is 0.0740. The van der Waals surface area contributed by atoms with Crippen LogP contribution in [-0.2, 0) is 18.9 Å². The number of anilines is 1. The van der Waals surface area contributed by atoms with Crippen molar-refractivity contribution < 1.29 is 9.90 Å². The molecule has 2 heterocycles. The Kier molecular flexibility index (Phi) is 5.61. The van der Waals surface area contributed by atoms with E-state index in [2.05, 4.69) is 5.10 Å². The number of aromatic hydroxyl groups is 1. The van der Waals surface area contributed by atoms with Crippen molar-refractivity contribution in [1.82, 2.24) is 14.1 Å². The van der Waals surface area contributed by atoms with Crippen LogP contribution in [0, 0.1) is 4.77 Å². The monoisotopic (exact) mass is 415 g/mol. The largest absolute Gasteiger partial charge is 0.494 e. The lowest BCUT2D eigenvalue weighted by molar-refractivity contribution is -0.132. The van der Waals surface area contributed by atoms with Crippen LogP contribution in [-0.4, -0.2) is 45.0 Å². The van der Waals surface area contributed by atoms with Gasteiger partial charge in [-0.3, -0.25) is 18.7 Å². The van der Waals surface area contributed by atoms with Gasteiger partial charge in [0.1, 0.15) is 5.56 Å². The summed E-state index contributed by atoms with van der Waals surface area (Å²) in [6, 6.07) is 7.53. The minimum atomic E-state index is -0.433. The molecule has 0 saturated carbocycles. The molecule has 2 aromatic rings. The lowest BCUT2D eigenvalue weighted by Crippen LogP contribution is -2.28. The molecule has 3 rings (SSSR count). The van der Waals surface area contributed by atoms with Crippen molar-refractivity contribution >= 4 is 29.5 Å². The molecule has 0 saturated heterocycles. The van der Waals surface area contributed by atoms with Crippen molar-refractivity contribution in [2.24, 2.45) is 19.2 Å². The molecule has 154 valence electrons. The SMILES string of the molecule is CCC(=O)N1N=C(c2c(O)n(C)c(=S)n(C)c2=O)C[C@@H]1c1ccc(N(C)C)cc1. The number of carbonyl (C=O) groups excluding carboxylic acids is 1. The molecule has 1 aromatic carbocycles. The van der Waals surface area contributed by atoms with Gasteiger partial charge in [-0.25, -0.2) is 5.01 Å². The van der Waals surface area contributed by atoms with Gasteiger partial charge in [0.25, 0.3) is 5.56 Å². The van der Waals surface area contributed by atoms with Crippen molar-refractivity contribution in [2.75, 3.05) is 19.0 Å². The number of amides is 1. The summed E-state index contributed by atoms with van der Waals surface area (Å²) in [7, 11) is 7.05. The Labute approximate surface area is 174 Å². The van der Waals surface area contributed by atoms with E-state index in [4.69, 9.17) is 12.2 Å². The highest BCUT2D eigenvalue weighted by atomic mass is 32.1. The van der Waals surface area contributed by atoms with Crippen LogP contribution >= 0.6 is 12.2 Å². The number of hydrogen-bond acceptors (Lipinski definition) is 6. The van der Waals surface area contributed by atoms with E-state index in [1.165, 1.54) is 14.1 Å². The molecule has 8 nitrogen and oxygen atoms in total. The summed E-state index contributed by atoms with van der Waals surface area (Å²) >= 11 is 5.18. The summed E-state index contributed by atoms with van der Waals surface area (Å²) in [5.74, 6) is -0.397. The van der Waals surface area contributed by atoms with Gasteiger partial charge >= 0.3 is 0 Å². The summed E-state index contributed by atoms with van der Waals surface area (Å²) in [6.45, 7) is 1.77. The van der Waals surface area contributed by atoms with Gasteiger partial charge in [0.2, 0.25) is 11.8 Å². The zero-order valence-electron chi connectivity index (χ0n) is 17.2. The summed E-state index contributed by atoms with van der Waals surface area (Å²) in [5, 5.41) is 16.4. The van der Waals surface area contributed by atoms with Gasteiger partial charge in [-0.2, -0.15) is 5.10 Å². The predicted molar refractivity (Wildman–Crippen MR) is 115 cm³/mol. The molecule has 1 aliphatic heterocycles. The summed E-state index contributed by atoms with van der Waals surface area (Å²) in [6.07, 6.45) is 0.610. The van der Waals surface area contributed by atoms with E-state index in [0.717, 1.165) is 11.3 Å². The maximum absolute atomic E-state index is 12.8. The first-order valence-corrected chi connectivity index (χ1v) is 9.74. The van der Waals surface area contributed by atoms with Crippen LogP contribution < -0.4 is 10.5 Å². The van der Waals surface area contributed by atoms with Crippen LogP contribution in [0.1, 0.15) is 36.9 Å². The molecule has 0 aliphatic carbocycles. The standard InChI is InChI=1S/C20H25N5O3S/c1-6-16(26)25-15(12-7-9-13(10-8-12)22(2)3)11-14(21-25)17-18(27)23(4)20(29)24(5)19(17)28/h7-10,15,27H,6,11H2,1-5H3/t15-/m1/s1. The molecule has 1 amide bonds. The Morgan fingerprint density at radius 1 is 1.24 bits per heavy atom. The fourth-order valence-electron chi connectivity index (χ4n) is 3.39. The summed E-state index contributed by atoms with van der Waals surface area (Å²) < 4.78 is 2.85. The van der Waals surface area contributed by atoms with Crippen molar-refractivity contribution in [3.63, 3.8) is 0 Å². The van der Waals surface area contributed by atoms with E-state index in [1.54, 1.807) is 21.0 Å². The normalized spacial score (nSPS) is 16.1. The molecule has 1 N–H and O–H groups in total. The zero-order valence-corrected chi connectivity index (χ0v) is 18.0. The third kappa shape index (κ3) is 3.57. The first kappa shape index (κ1) is 20.8. The summed E-state index contributed by atoms with van der Waals surface area (Å²) in [4.78, 5) is 27.3. The first-order chi connectivity index (χ1) is 13.7.